The molecule has 1 fully saturated rings. The van der Waals surface area contributed by atoms with E-state index in [0.717, 1.165) is 50.6 Å². The molecule has 10 nitrogen and oxygen atoms in total. The Kier molecular flexibility index (Phi) is 14.5. The number of piperidine rings is 1. The molecule has 1 aromatic heterocycles. The third-order valence-electron chi connectivity index (χ3n) is 5.35. The highest BCUT2D eigenvalue weighted by Gasteiger charge is 2.21. The maximum atomic E-state index is 12.2. The Balaban J connectivity index is 0.000000620. The van der Waals surface area contributed by atoms with Crippen LogP contribution < -0.4 is 16.6 Å². The zero-order valence-corrected chi connectivity index (χ0v) is 22.0. The quantitative estimate of drug-likeness (QED) is 0.290. The molecule has 0 unspecified atom stereocenters. The molecule has 1 saturated heterocycles. The van der Waals surface area contributed by atoms with Gasteiger partial charge in [0.1, 0.15) is 11.4 Å². The Labute approximate surface area is 213 Å². The van der Waals surface area contributed by atoms with E-state index in [0.29, 0.717) is 25.3 Å². The van der Waals surface area contributed by atoms with Crippen LogP contribution in [0.4, 0.5) is 5.82 Å². The maximum Gasteiger partial charge on any atom is 0.305 e. The number of pyridine rings is 1. The number of aromatic nitrogens is 1. The van der Waals surface area contributed by atoms with Gasteiger partial charge in [0.2, 0.25) is 0 Å². The fraction of sp³-hybridized carbons (Fsp3) is 0.636. The van der Waals surface area contributed by atoms with Gasteiger partial charge in [-0.05, 0) is 57.3 Å². The number of hydrogen-bond acceptors (Lipinski definition) is 8. The Morgan fingerprint density at radius 2 is 1.76 bits per heavy atom. The van der Waals surface area contributed by atoms with Gasteiger partial charge in [0.25, 0.3) is 11.5 Å². The summed E-state index contributed by atoms with van der Waals surface area (Å²) in [5, 5.41) is 3.81. The molecule has 0 radical (unpaired) electrons. The van der Waals surface area contributed by atoms with Crippen LogP contribution in [0.1, 0.15) is 48.9 Å². The molecule has 4 N–H and O–H groups in total. The molecule has 192 valence electrons. The number of hydrogen-bond donors (Lipinski definition) is 3. The standard InChI is InChI=1S/C17H25ClN4O4.C5H9BrO2/c1-26-14(23)3-2-6-22-7-4-11(5-8-22)10-20-16(24)12-9-13(18)15(19)21-17(12)25;1-8-5(7)3-2-4-6/h9,11H,2-8,10H2,1H3,(H,20,24)(H3,19,21,25);2-4H2,1H3. The van der Waals surface area contributed by atoms with E-state index in [9.17, 15) is 19.2 Å². The first-order valence-electron chi connectivity index (χ1n) is 11.1. The second-order valence-corrected chi connectivity index (χ2v) is 9.02. The topological polar surface area (TPSA) is 144 Å². The largest absolute Gasteiger partial charge is 0.469 e. The van der Waals surface area contributed by atoms with Crippen molar-refractivity contribution in [2.45, 2.75) is 38.5 Å². The third-order valence-corrected chi connectivity index (χ3v) is 6.22. The molecule has 0 aromatic carbocycles. The summed E-state index contributed by atoms with van der Waals surface area (Å²) in [6, 6.07) is 1.29. The summed E-state index contributed by atoms with van der Waals surface area (Å²) in [5.74, 6) is -0.356. The van der Waals surface area contributed by atoms with E-state index in [1.807, 2.05) is 0 Å². The van der Waals surface area contributed by atoms with Crippen molar-refractivity contribution < 1.29 is 23.9 Å². The van der Waals surface area contributed by atoms with Gasteiger partial charge in [0.15, 0.2) is 0 Å². The lowest BCUT2D eigenvalue weighted by atomic mass is 9.96. The number of alkyl halides is 1. The number of nitrogens with two attached hydrogens (primary N) is 1. The Morgan fingerprint density at radius 3 is 2.32 bits per heavy atom. The van der Waals surface area contributed by atoms with Crippen molar-refractivity contribution in [3.8, 4) is 0 Å². The first-order valence-corrected chi connectivity index (χ1v) is 12.6. The van der Waals surface area contributed by atoms with E-state index in [1.54, 1.807) is 0 Å². The number of carbonyl (C=O) groups is 3. The van der Waals surface area contributed by atoms with Crippen LogP contribution in [0.25, 0.3) is 0 Å². The van der Waals surface area contributed by atoms with E-state index in [2.05, 4.69) is 40.6 Å². The molecular weight excluding hydrogens is 532 g/mol. The van der Waals surface area contributed by atoms with Gasteiger partial charge in [0, 0.05) is 24.7 Å². The molecule has 1 aliphatic rings. The lowest BCUT2D eigenvalue weighted by Crippen LogP contribution is -2.40. The van der Waals surface area contributed by atoms with Crippen LogP contribution in [0.3, 0.4) is 0 Å². The Hall–Kier alpha value is -2.11. The lowest BCUT2D eigenvalue weighted by Gasteiger charge is -2.31. The van der Waals surface area contributed by atoms with Crippen LogP contribution in [-0.4, -0.2) is 73.5 Å². The van der Waals surface area contributed by atoms with Crippen LogP contribution in [0, 0.1) is 5.92 Å². The number of amides is 1. The highest BCUT2D eigenvalue weighted by atomic mass is 79.9. The number of nitrogens with zero attached hydrogens (tertiary/aromatic N) is 1. The summed E-state index contributed by atoms with van der Waals surface area (Å²) >= 11 is 9.05. The normalized spacial score (nSPS) is 14.0. The summed E-state index contributed by atoms with van der Waals surface area (Å²) in [6.45, 7) is 3.23. The third kappa shape index (κ3) is 11.3. The molecule has 0 bridgehead atoms. The van der Waals surface area contributed by atoms with Crippen molar-refractivity contribution >= 4 is 51.2 Å². The van der Waals surface area contributed by atoms with Crippen molar-refractivity contribution in [3.05, 3.63) is 27.0 Å². The number of halogens is 2. The minimum atomic E-state index is -0.551. The molecule has 12 heteroatoms. The molecule has 1 aromatic rings. The van der Waals surface area contributed by atoms with E-state index in [-0.39, 0.29) is 28.3 Å². The molecule has 0 saturated carbocycles. The van der Waals surface area contributed by atoms with Crippen molar-refractivity contribution in [2.24, 2.45) is 5.92 Å². The maximum absolute atomic E-state index is 12.2. The number of esters is 2. The minimum absolute atomic E-state index is 0.0375. The number of anilines is 1. The number of likely N-dealkylation sites (tertiary alicyclic amines) is 1. The number of carbonyl (C=O) groups excluding carboxylic acids is 3. The van der Waals surface area contributed by atoms with Gasteiger partial charge in [-0.1, -0.05) is 27.5 Å². The van der Waals surface area contributed by atoms with Gasteiger partial charge < -0.3 is 30.4 Å². The van der Waals surface area contributed by atoms with Gasteiger partial charge in [-0.25, -0.2) is 0 Å². The lowest BCUT2D eigenvalue weighted by molar-refractivity contribution is -0.141. The molecule has 1 aliphatic heterocycles. The molecule has 0 spiro atoms. The van der Waals surface area contributed by atoms with Crippen LogP contribution >= 0.6 is 27.5 Å². The van der Waals surface area contributed by atoms with Gasteiger partial charge >= 0.3 is 11.9 Å². The average Bonchev–Trinajstić information content (AvgIpc) is 2.84. The molecule has 1 amide bonds. The summed E-state index contributed by atoms with van der Waals surface area (Å²) in [6.07, 6.45) is 4.50. The van der Waals surface area contributed by atoms with Gasteiger partial charge in [-0.3, -0.25) is 19.2 Å². The first-order chi connectivity index (χ1) is 16.2. The van der Waals surface area contributed by atoms with E-state index >= 15 is 0 Å². The first kappa shape index (κ1) is 29.9. The SMILES string of the molecule is COC(=O)CCCBr.COC(=O)CCCN1CCC(CNC(=O)c2cc(Cl)c(N)[nH]c2=O)CC1. The minimum Gasteiger partial charge on any atom is -0.469 e. The van der Waals surface area contributed by atoms with E-state index in [1.165, 1.54) is 20.3 Å². The molecule has 2 rings (SSSR count). The predicted octanol–water partition coefficient (Wildman–Crippen LogP) is 2.34. The molecule has 0 aliphatic carbocycles. The highest BCUT2D eigenvalue weighted by Crippen LogP contribution is 2.18. The van der Waals surface area contributed by atoms with Crippen molar-refractivity contribution in [1.82, 2.24) is 15.2 Å². The Morgan fingerprint density at radius 1 is 1.18 bits per heavy atom. The smallest absolute Gasteiger partial charge is 0.305 e. The Bertz CT molecular complexity index is 858. The van der Waals surface area contributed by atoms with Crippen LogP contribution in [0.15, 0.2) is 10.9 Å². The summed E-state index contributed by atoms with van der Waals surface area (Å²) in [7, 11) is 2.80. The number of nitrogens with one attached hydrogen (secondary N) is 2. The fourth-order valence-electron chi connectivity index (χ4n) is 3.30. The second-order valence-electron chi connectivity index (χ2n) is 7.82. The van der Waals surface area contributed by atoms with Crippen molar-refractivity contribution in [3.63, 3.8) is 0 Å². The summed E-state index contributed by atoms with van der Waals surface area (Å²) < 4.78 is 9.02. The second kappa shape index (κ2) is 16.5. The number of aromatic amines is 1. The van der Waals surface area contributed by atoms with Crippen LogP contribution in [0.5, 0.6) is 0 Å². The summed E-state index contributed by atoms with van der Waals surface area (Å²) in [5.41, 5.74) is 4.91. The fourth-order valence-corrected chi connectivity index (χ4v) is 3.73. The van der Waals surface area contributed by atoms with Crippen LogP contribution in [0.2, 0.25) is 5.02 Å². The van der Waals surface area contributed by atoms with E-state index in [4.69, 9.17) is 17.3 Å². The zero-order valence-electron chi connectivity index (χ0n) is 19.7. The van der Waals surface area contributed by atoms with Crippen molar-refractivity contribution in [1.29, 1.82) is 0 Å². The van der Waals surface area contributed by atoms with Crippen LogP contribution in [-0.2, 0) is 19.1 Å². The van der Waals surface area contributed by atoms with E-state index < -0.39 is 11.5 Å². The number of H-pyrrole nitrogens is 1. The van der Waals surface area contributed by atoms with Crippen molar-refractivity contribution in [2.75, 3.05) is 51.5 Å². The number of nitrogen functional groups attached to an aromatic ring is 1. The number of rotatable bonds is 10. The molecule has 34 heavy (non-hydrogen) atoms. The average molecular weight is 566 g/mol. The summed E-state index contributed by atoms with van der Waals surface area (Å²) in [4.78, 5) is 50.1. The molecule has 0 atom stereocenters. The highest BCUT2D eigenvalue weighted by molar-refractivity contribution is 9.09. The number of ether oxygens (including phenoxy) is 2. The van der Waals surface area contributed by atoms with Gasteiger partial charge in [-0.15, -0.1) is 0 Å². The van der Waals surface area contributed by atoms with Gasteiger partial charge in [0.05, 0.1) is 19.2 Å². The monoisotopic (exact) mass is 564 g/mol. The molecule has 2 heterocycles. The van der Waals surface area contributed by atoms with Gasteiger partial charge in [-0.2, -0.15) is 0 Å². The zero-order chi connectivity index (χ0) is 25.5. The molecular formula is C22H34BrClN4O6. The predicted molar refractivity (Wildman–Crippen MR) is 134 cm³/mol. The number of methoxy groups -OCH3 is 2.